The van der Waals surface area contributed by atoms with Crippen molar-refractivity contribution in [2.75, 3.05) is 15.0 Å². The van der Waals surface area contributed by atoms with E-state index in [1.165, 1.54) is 30.5 Å². The third kappa shape index (κ3) is 6.13. The predicted molar refractivity (Wildman–Crippen MR) is 160 cm³/mol. The Hall–Kier alpha value is -3.94. The van der Waals surface area contributed by atoms with Crippen molar-refractivity contribution < 1.29 is 22.4 Å². The number of terminal acetylenes is 1. The van der Waals surface area contributed by atoms with Crippen LogP contribution in [0.5, 0.6) is 0 Å². The molecule has 2 aliphatic rings. The monoisotopic (exact) mass is 608 g/mol. The summed E-state index contributed by atoms with van der Waals surface area (Å²) in [5.41, 5.74) is 0.791. The Balaban J connectivity index is 1.64. The van der Waals surface area contributed by atoms with E-state index in [-0.39, 0.29) is 34.7 Å². The van der Waals surface area contributed by atoms with Gasteiger partial charge in [0.25, 0.3) is 5.91 Å². The fraction of sp³-hybridized carbons (Fsp3) is 0.323. The molecule has 5 rings (SSSR count). The molecule has 2 atom stereocenters. The van der Waals surface area contributed by atoms with Crippen molar-refractivity contribution in [2.24, 2.45) is 0 Å². The van der Waals surface area contributed by atoms with Gasteiger partial charge in [0.1, 0.15) is 23.7 Å². The zero-order valence-corrected chi connectivity index (χ0v) is 24.3. The molecule has 1 saturated heterocycles. The Kier molecular flexibility index (Phi) is 8.80. The molecule has 1 aromatic heterocycles. The van der Waals surface area contributed by atoms with Crippen molar-refractivity contribution in [3.05, 3.63) is 88.8 Å². The molecule has 1 N–H and O–H groups in total. The first-order chi connectivity index (χ1) is 20.2. The van der Waals surface area contributed by atoms with Crippen LogP contribution in [0.25, 0.3) is 0 Å². The smallest absolute Gasteiger partial charge is 0.252 e. The number of hydrogen-bond donors (Lipinski definition) is 1. The molecule has 0 bridgehead atoms. The van der Waals surface area contributed by atoms with Crippen molar-refractivity contribution in [3.63, 3.8) is 0 Å². The normalized spacial score (nSPS) is 19.1. The third-order valence-corrected chi connectivity index (χ3v) is 9.77. The van der Waals surface area contributed by atoms with Gasteiger partial charge in [0.15, 0.2) is 0 Å². The van der Waals surface area contributed by atoms with Gasteiger partial charge < -0.3 is 5.32 Å². The number of rotatable bonds is 7. The predicted octanol–water partition coefficient (Wildman–Crippen LogP) is 4.99. The number of sulfonamides is 1. The highest BCUT2D eigenvalue weighted by Crippen LogP contribution is 2.37. The quantitative estimate of drug-likeness (QED) is 0.381. The molecule has 0 radical (unpaired) electrons. The van der Waals surface area contributed by atoms with Crippen LogP contribution < -0.4 is 14.5 Å². The second kappa shape index (κ2) is 12.5. The second-order valence-corrected chi connectivity index (χ2v) is 12.8. The summed E-state index contributed by atoms with van der Waals surface area (Å²) in [7, 11) is -3.97. The molecule has 218 valence electrons. The first kappa shape index (κ1) is 29.5. The van der Waals surface area contributed by atoms with Crippen LogP contribution in [-0.4, -0.2) is 43.1 Å². The molecule has 2 fully saturated rings. The molecule has 1 aliphatic heterocycles. The number of halogens is 2. The van der Waals surface area contributed by atoms with E-state index in [9.17, 15) is 22.4 Å². The number of benzene rings is 2. The molecule has 2 amide bonds. The maximum Gasteiger partial charge on any atom is 0.252 e. The van der Waals surface area contributed by atoms with Gasteiger partial charge in [-0.05, 0) is 55.7 Å². The molecular weight excluding hydrogens is 579 g/mol. The fourth-order valence-electron chi connectivity index (χ4n) is 5.64. The summed E-state index contributed by atoms with van der Waals surface area (Å²) in [5.74, 6) is 0.266. The Bertz CT molecular complexity index is 1640. The van der Waals surface area contributed by atoms with Gasteiger partial charge in [0.05, 0.1) is 5.75 Å². The lowest BCUT2D eigenvalue weighted by atomic mass is 9.94. The fourth-order valence-corrected chi connectivity index (χ4v) is 7.56. The second-order valence-electron chi connectivity index (χ2n) is 10.4. The van der Waals surface area contributed by atoms with Crippen LogP contribution >= 0.6 is 11.6 Å². The van der Waals surface area contributed by atoms with E-state index in [1.807, 2.05) is 0 Å². The van der Waals surface area contributed by atoms with E-state index in [4.69, 9.17) is 18.0 Å². The number of carbonyl (C=O) groups excluding carboxylic acids is 2. The van der Waals surface area contributed by atoms with Crippen LogP contribution in [0.15, 0.2) is 66.9 Å². The molecule has 42 heavy (non-hydrogen) atoms. The lowest BCUT2D eigenvalue weighted by Crippen LogP contribution is -2.53. The maximum absolute atomic E-state index is 14.6. The van der Waals surface area contributed by atoms with Crippen molar-refractivity contribution in [1.82, 2.24) is 10.3 Å². The van der Waals surface area contributed by atoms with E-state index >= 15 is 0 Å². The lowest BCUT2D eigenvalue weighted by Gasteiger charge is -2.36. The highest BCUT2D eigenvalue weighted by atomic mass is 35.5. The molecule has 0 spiro atoms. The summed E-state index contributed by atoms with van der Waals surface area (Å²) >= 11 is 6.61. The molecule has 1 aliphatic carbocycles. The van der Waals surface area contributed by atoms with Crippen molar-refractivity contribution in [2.45, 2.75) is 56.7 Å². The van der Waals surface area contributed by atoms with Crippen LogP contribution in [0.3, 0.4) is 0 Å². The largest absolute Gasteiger partial charge is 0.351 e. The van der Waals surface area contributed by atoms with Crippen LogP contribution in [0.1, 0.15) is 55.7 Å². The summed E-state index contributed by atoms with van der Waals surface area (Å²) in [6.07, 6.45) is 11.4. The SMILES string of the molecule is C#Cc1ccnc(N2[C@H](C(=O)N(c3cccc(F)c3)[C@@H](C(=O)NC3CCCCC3)c3ccccc3Cl)CCS2(=O)=O)c1. The highest BCUT2D eigenvalue weighted by Gasteiger charge is 2.47. The van der Waals surface area contributed by atoms with E-state index < -0.39 is 39.7 Å². The first-order valence-corrected chi connectivity index (χ1v) is 15.8. The van der Waals surface area contributed by atoms with Crippen LogP contribution in [0.2, 0.25) is 5.02 Å². The van der Waals surface area contributed by atoms with E-state index in [0.29, 0.717) is 11.1 Å². The van der Waals surface area contributed by atoms with Gasteiger partial charge in [-0.2, -0.15) is 0 Å². The molecule has 0 unspecified atom stereocenters. The van der Waals surface area contributed by atoms with Gasteiger partial charge in [-0.3, -0.25) is 14.5 Å². The number of hydrogen-bond acceptors (Lipinski definition) is 5. The maximum atomic E-state index is 14.6. The average molecular weight is 609 g/mol. The summed E-state index contributed by atoms with van der Waals surface area (Å²) in [4.78, 5) is 34.1. The van der Waals surface area contributed by atoms with Crippen molar-refractivity contribution in [3.8, 4) is 12.3 Å². The number of amides is 2. The molecule has 1 saturated carbocycles. The molecule has 11 heteroatoms. The third-order valence-electron chi connectivity index (χ3n) is 7.64. The minimum Gasteiger partial charge on any atom is -0.351 e. The number of pyridine rings is 1. The Morgan fingerprint density at radius 3 is 2.55 bits per heavy atom. The molecule has 8 nitrogen and oxygen atoms in total. The van der Waals surface area contributed by atoms with Gasteiger partial charge in [0, 0.05) is 34.1 Å². The summed E-state index contributed by atoms with van der Waals surface area (Å²) in [6, 6.07) is 12.2. The van der Waals surface area contributed by atoms with Gasteiger partial charge in [-0.25, -0.2) is 22.1 Å². The Labute approximate surface area is 249 Å². The number of anilines is 2. The number of nitrogens with zero attached hydrogens (tertiary/aromatic N) is 3. The number of carbonyl (C=O) groups is 2. The van der Waals surface area contributed by atoms with Gasteiger partial charge >= 0.3 is 0 Å². The molecular formula is C31H30ClFN4O4S. The van der Waals surface area contributed by atoms with Crippen molar-refractivity contribution >= 4 is 44.9 Å². The minimum absolute atomic E-state index is 0.0126. The van der Waals surface area contributed by atoms with Crippen LogP contribution in [-0.2, 0) is 19.6 Å². The Morgan fingerprint density at radius 2 is 1.83 bits per heavy atom. The minimum atomic E-state index is -3.97. The van der Waals surface area contributed by atoms with Crippen molar-refractivity contribution in [1.29, 1.82) is 0 Å². The first-order valence-electron chi connectivity index (χ1n) is 13.8. The van der Waals surface area contributed by atoms with Crippen LogP contribution in [0.4, 0.5) is 15.9 Å². The molecule has 2 aromatic carbocycles. The molecule has 3 aromatic rings. The van der Waals surface area contributed by atoms with E-state index in [2.05, 4.69) is 16.2 Å². The summed E-state index contributed by atoms with van der Waals surface area (Å²) < 4.78 is 42.2. The zero-order chi connectivity index (χ0) is 29.9. The van der Waals surface area contributed by atoms with E-state index in [0.717, 1.165) is 47.4 Å². The zero-order valence-electron chi connectivity index (χ0n) is 22.7. The number of nitrogens with one attached hydrogen (secondary N) is 1. The Morgan fingerprint density at radius 1 is 1.07 bits per heavy atom. The standard InChI is InChI=1S/C31H30ClFN4O4S/c1-2-21-15-17-34-28(19-21)37-27(16-18-42(37,40)41)31(39)36(24-12-8-9-22(33)20-24)29(25-13-6-7-14-26(25)32)30(38)35-23-10-4-3-5-11-23/h1,6-9,12-15,17,19-20,23,27,29H,3-5,10-11,16,18H2,(H,35,38)/t27-,29+/m0/s1. The van der Waals surface area contributed by atoms with Crippen LogP contribution in [0, 0.1) is 18.2 Å². The van der Waals surface area contributed by atoms with Gasteiger partial charge in [-0.1, -0.05) is 61.0 Å². The average Bonchev–Trinajstić information content (AvgIpc) is 3.31. The van der Waals surface area contributed by atoms with Gasteiger partial charge in [0.2, 0.25) is 15.9 Å². The molecule has 2 heterocycles. The summed E-state index contributed by atoms with van der Waals surface area (Å²) in [6.45, 7) is 0. The number of aromatic nitrogens is 1. The van der Waals surface area contributed by atoms with Gasteiger partial charge in [-0.15, -0.1) is 6.42 Å². The lowest BCUT2D eigenvalue weighted by molar-refractivity contribution is -0.127. The summed E-state index contributed by atoms with van der Waals surface area (Å²) in [5, 5.41) is 3.31. The van der Waals surface area contributed by atoms with E-state index in [1.54, 1.807) is 30.3 Å². The topological polar surface area (TPSA) is 99.7 Å². The highest BCUT2D eigenvalue weighted by molar-refractivity contribution is 7.93.